The summed E-state index contributed by atoms with van der Waals surface area (Å²) >= 11 is 11.6. The van der Waals surface area contributed by atoms with Gasteiger partial charge in [0.1, 0.15) is 0 Å². The fourth-order valence-electron chi connectivity index (χ4n) is 2.11. The van der Waals surface area contributed by atoms with Crippen LogP contribution in [0.1, 0.15) is 49.9 Å². The Morgan fingerprint density at radius 1 is 1.45 bits per heavy atom. The minimum Gasteiger partial charge on any atom is -0.462 e. The van der Waals surface area contributed by atoms with Crippen LogP contribution < -0.4 is 0 Å². The summed E-state index contributed by atoms with van der Waals surface area (Å²) < 4.78 is 10.2. The van der Waals surface area contributed by atoms with Crippen molar-refractivity contribution < 1.29 is 14.3 Å². The van der Waals surface area contributed by atoms with Crippen LogP contribution in [0.15, 0.2) is 24.3 Å². The van der Waals surface area contributed by atoms with E-state index in [1.54, 1.807) is 31.2 Å². The van der Waals surface area contributed by atoms with E-state index in [1.807, 2.05) is 0 Å². The molecule has 1 aromatic rings. The molecule has 1 saturated heterocycles. The zero-order valence-corrected chi connectivity index (χ0v) is 14.7. The maximum atomic E-state index is 11.1. The Balaban J connectivity index is 0.000000224. The number of rotatable bonds is 5. The first-order chi connectivity index (χ1) is 10.6. The molecule has 3 nitrogen and oxygen atoms in total. The summed E-state index contributed by atoms with van der Waals surface area (Å²) in [5.74, 6) is -0.333. The average molecular weight is 347 g/mol. The first kappa shape index (κ1) is 19.3. The molecule has 0 amide bonds. The highest BCUT2D eigenvalue weighted by molar-refractivity contribution is 6.30. The number of carbonyl (C=O) groups is 1. The Morgan fingerprint density at radius 2 is 2.23 bits per heavy atom. The molecule has 124 valence electrons. The molecule has 1 heterocycles. The van der Waals surface area contributed by atoms with Gasteiger partial charge in [0, 0.05) is 17.0 Å². The zero-order chi connectivity index (χ0) is 16.4. The van der Waals surface area contributed by atoms with E-state index in [0.717, 1.165) is 19.4 Å². The Labute approximate surface area is 142 Å². The number of carbonyl (C=O) groups excluding carboxylic acids is 1. The second-order valence-electron chi connectivity index (χ2n) is 5.11. The summed E-state index contributed by atoms with van der Waals surface area (Å²) in [5, 5.41) is 0.864. The molecule has 1 aliphatic heterocycles. The molecule has 2 unspecified atom stereocenters. The summed E-state index contributed by atoms with van der Waals surface area (Å²) in [6, 6.07) is 6.68. The fraction of sp³-hybridized carbons (Fsp3) is 0.588. The highest BCUT2D eigenvalue weighted by Crippen LogP contribution is 2.20. The standard InChI is InChI=1S/C9H9ClO2.C8H15ClO/c1-2-12-9(11)7-4-3-5-8(10)6-7;1-2-7(9)6-8-4-3-5-10-8/h3-6H,2H2,1H3;7-8H,2-6H2,1H3. The minimum atomic E-state index is -0.333. The molecule has 22 heavy (non-hydrogen) atoms. The second-order valence-corrected chi connectivity index (χ2v) is 6.16. The first-order valence-electron chi connectivity index (χ1n) is 7.75. The Morgan fingerprint density at radius 3 is 2.77 bits per heavy atom. The molecule has 2 rings (SSSR count). The van der Waals surface area contributed by atoms with Gasteiger partial charge < -0.3 is 9.47 Å². The molecule has 0 radical (unpaired) electrons. The van der Waals surface area contributed by atoms with Crippen molar-refractivity contribution >= 4 is 29.2 Å². The van der Waals surface area contributed by atoms with Crippen LogP contribution in [-0.4, -0.2) is 30.7 Å². The van der Waals surface area contributed by atoms with Gasteiger partial charge in [-0.05, 0) is 50.8 Å². The third-order valence-corrected chi connectivity index (χ3v) is 4.04. The van der Waals surface area contributed by atoms with E-state index in [-0.39, 0.29) is 5.97 Å². The van der Waals surface area contributed by atoms with Crippen LogP contribution in [0.2, 0.25) is 5.02 Å². The van der Waals surface area contributed by atoms with Crippen molar-refractivity contribution in [2.24, 2.45) is 0 Å². The molecule has 0 bridgehead atoms. The van der Waals surface area contributed by atoms with Crippen LogP contribution in [0, 0.1) is 0 Å². The van der Waals surface area contributed by atoms with Gasteiger partial charge >= 0.3 is 5.97 Å². The molecule has 0 aromatic heterocycles. The predicted molar refractivity (Wildman–Crippen MR) is 90.9 cm³/mol. The summed E-state index contributed by atoms with van der Waals surface area (Å²) in [7, 11) is 0. The van der Waals surface area contributed by atoms with Gasteiger partial charge in [-0.25, -0.2) is 4.79 Å². The number of halogens is 2. The molecule has 1 fully saturated rings. The number of esters is 1. The molecule has 0 saturated carbocycles. The van der Waals surface area contributed by atoms with Crippen molar-refractivity contribution in [3.63, 3.8) is 0 Å². The van der Waals surface area contributed by atoms with Crippen LogP contribution in [0.5, 0.6) is 0 Å². The fourth-order valence-corrected chi connectivity index (χ4v) is 2.50. The van der Waals surface area contributed by atoms with E-state index in [0.29, 0.717) is 28.7 Å². The minimum absolute atomic E-state index is 0.322. The third-order valence-electron chi connectivity index (χ3n) is 3.32. The third kappa shape index (κ3) is 7.48. The lowest BCUT2D eigenvalue weighted by Crippen LogP contribution is -2.11. The van der Waals surface area contributed by atoms with Gasteiger partial charge in [-0.2, -0.15) is 0 Å². The van der Waals surface area contributed by atoms with Crippen LogP contribution in [-0.2, 0) is 9.47 Å². The topological polar surface area (TPSA) is 35.5 Å². The normalized spacial score (nSPS) is 18.3. The van der Waals surface area contributed by atoms with Crippen molar-refractivity contribution in [3.05, 3.63) is 34.9 Å². The summed E-state index contributed by atoms with van der Waals surface area (Å²) in [6.07, 6.45) is 4.99. The summed E-state index contributed by atoms with van der Waals surface area (Å²) in [5.41, 5.74) is 0.490. The highest BCUT2D eigenvalue weighted by atomic mass is 35.5. The molecule has 0 spiro atoms. The van der Waals surface area contributed by atoms with Crippen molar-refractivity contribution in [2.75, 3.05) is 13.2 Å². The smallest absolute Gasteiger partial charge is 0.338 e. The molecule has 2 atom stereocenters. The number of ether oxygens (including phenoxy) is 2. The quantitative estimate of drug-likeness (QED) is 0.550. The SMILES string of the molecule is CCC(Cl)CC1CCCO1.CCOC(=O)c1cccc(Cl)c1. The molecular formula is C17H24Cl2O3. The van der Waals surface area contributed by atoms with Gasteiger partial charge in [0.25, 0.3) is 0 Å². The molecule has 0 N–H and O–H groups in total. The van der Waals surface area contributed by atoms with Gasteiger partial charge in [0.15, 0.2) is 0 Å². The van der Waals surface area contributed by atoms with Crippen LogP contribution in [0.4, 0.5) is 0 Å². The number of hydrogen-bond acceptors (Lipinski definition) is 3. The van der Waals surface area contributed by atoms with Crippen LogP contribution in [0.3, 0.4) is 0 Å². The average Bonchev–Trinajstić information content (AvgIpc) is 3.01. The highest BCUT2D eigenvalue weighted by Gasteiger charge is 2.18. The second kappa shape index (κ2) is 10.9. The lowest BCUT2D eigenvalue weighted by molar-refractivity contribution is 0.0526. The lowest BCUT2D eigenvalue weighted by Gasteiger charge is -2.11. The lowest BCUT2D eigenvalue weighted by atomic mass is 10.1. The van der Waals surface area contributed by atoms with Gasteiger partial charge in [0.05, 0.1) is 18.3 Å². The summed E-state index contributed by atoms with van der Waals surface area (Å²) in [4.78, 5) is 11.1. The van der Waals surface area contributed by atoms with Crippen LogP contribution >= 0.6 is 23.2 Å². The van der Waals surface area contributed by atoms with E-state index in [4.69, 9.17) is 32.7 Å². The largest absolute Gasteiger partial charge is 0.462 e. The molecule has 1 aliphatic rings. The van der Waals surface area contributed by atoms with Gasteiger partial charge in [-0.1, -0.05) is 24.6 Å². The Bertz CT molecular complexity index is 445. The van der Waals surface area contributed by atoms with Crippen molar-refractivity contribution in [1.82, 2.24) is 0 Å². The van der Waals surface area contributed by atoms with E-state index in [2.05, 4.69) is 6.92 Å². The number of alkyl halides is 1. The van der Waals surface area contributed by atoms with Gasteiger partial charge in [0.2, 0.25) is 0 Å². The molecule has 5 heteroatoms. The van der Waals surface area contributed by atoms with Gasteiger partial charge in [-0.3, -0.25) is 0 Å². The van der Waals surface area contributed by atoms with E-state index in [1.165, 1.54) is 12.8 Å². The Hall–Kier alpha value is -0.770. The molecule has 0 aliphatic carbocycles. The van der Waals surface area contributed by atoms with Crippen LogP contribution in [0.25, 0.3) is 0 Å². The van der Waals surface area contributed by atoms with E-state index in [9.17, 15) is 4.79 Å². The first-order valence-corrected chi connectivity index (χ1v) is 8.56. The maximum absolute atomic E-state index is 11.1. The number of hydrogen-bond donors (Lipinski definition) is 0. The van der Waals surface area contributed by atoms with E-state index >= 15 is 0 Å². The Kier molecular flexibility index (Phi) is 9.53. The molecular weight excluding hydrogens is 323 g/mol. The van der Waals surface area contributed by atoms with E-state index < -0.39 is 0 Å². The summed E-state index contributed by atoms with van der Waals surface area (Å²) in [6.45, 7) is 5.21. The number of benzene rings is 1. The van der Waals surface area contributed by atoms with Crippen molar-refractivity contribution in [1.29, 1.82) is 0 Å². The van der Waals surface area contributed by atoms with Crippen molar-refractivity contribution in [2.45, 2.75) is 51.0 Å². The van der Waals surface area contributed by atoms with Crippen molar-refractivity contribution in [3.8, 4) is 0 Å². The van der Waals surface area contributed by atoms with Gasteiger partial charge in [-0.15, -0.1) is 11.6 Å². The monoisotopic (exact) mass is 346 g/mol. The zero-order valence-electron chi connectivity index (χ0n) is 13.2. The predicted octanol–water partition coefficient (Wildman–Crippen LogP) is 5.09. The molecule has 1 aromatic carbocycles. The maximum Gasteiger partial charge on any atom is 0.338 e.